The summed E-state index contributed by atoms with van der Waals surface area (Å²) >= 11 is 0. The molecule has 1 aliphatic heterocycles. The summed E-state index contributed by atoms with van der Waals surface area (Å²) < 4.78 is 10.9. The number of aliphatic hydroxyl groups is 1. The summed E-state index contributed by atoms with van der Waals surface area (Å²) in [6.45, 7) is 2.07. The number of aliphatic hydroxyl groups excluding tert-OH is 1. The van der Waals surface area contributed by atoms with Crippen LogP contribution in [0.5, 0.6) is 5.75 Å². The molecule has 9 nitrogen and oxygen atoms in total. The number of benzene rings is 3. The third-order valence-corrected chi connectivity index (χ3v) is 7.93. The van der Waals surface area contributed by atoms with Crippen LogP contribution in [0.2, 0.25) is 0 Å². The normalized spacial score (nSPS) is 17.6. The molecule has 226 valence electrons. The maximum absolute atomic E-state index is 14.3. The summed E-state index contributed by atoms with van der Waals surface area (Å²) in [5.41, 5.74) is 11.1. The Hall–Kier alpha value is -4.17. The van der Waals surface area contributed by atoms with Gasteiger partial charge < -0.3 is 19.9 Å². The van der Waals surface area contributed by atoms with E-state index >= 15 is 0 Å². The fourth-order valence-electron chi connectivity index (χ4n) is 5.66. The van der Waals surface area contributed by atoms with Gasteiger partial charge in [0.1, 0.15) is 28.5 Å². The molecule has 0 fully saturated rings. The van der Waals surface area contributed by atoms with E-state index in [9.17, 15) is 4.79 Å². The van der Waals surface area contributed by atoms with Gasteiger partial charge in [-0.2, -0.15) is 0 Å². The van der Waals surface area contributed by atoms with Gasteiger partial charge in [-0.05, 0) is 78.6 Å². The van der Waals surface area contributed by atoms with Crippen molar-refractivity contribution >= 4 is 11.6 Å². The summed E-state index contributed by atoms with van der Waals surface area (Å²) in [6, 6.07) is 26.0. The molecule has 4 rings (SSSR count). The number of rotatable bonds is 17. The zero-order valence-electron chi connectivity index (χ0n) is 24.9. The smallest absolute Gasteiger partial charge is 0.248 e. The topological polar surface area (TPSA) is 130 Å². The average molecular weight is 585 g/mol. The van der Waals surface area contributed by atoms with E-state index in [4.69, 9.17) is 25.1 Å². The average Bonchev–Trinajstić information content (AvgIpc) is 3.45. The molecule has 1 heterocycles. The number of hydrogen-bond acceptors (Lipinski definition) is 7. The first kappa shape index (κ1) is 31.8. The molecule has 0 saturated heterocycles. The third kappa shape index (κ3) is 8.45. The van der Waals surface area contributed by atoms with E-state index in [1.165, 1.54) is 0 Å². The van der Waals surface area contributed by atoms with Gasteiger partial charge in [0.25, 0.3) is 0 Å². The molecule has 1 amide bonds. The number of nitrogens with one attached hydrogen (secondary N) is 2. The molecule has 3 N–H and O–H groups in total. The molecule has 0 bridgehead atoms. The van der Waals surface area contributed by atoms with Crippen LogP contribution in [-0.2, 0) is 22.5 Å². The fraction of sp³-hybridized carbons (Fsp3) is 0.412. The second kappa shape index (κ2) is 16.5. The highest BCUT2D eigenvalue weighted by atomic mass is 16.5. The van der Waals surface area contributed by atoms with Gasteiger partial charge in [0, 0.05) is 44.9 Å². The zero-order valence-corrected chi connectivity index (χ0v) is 24.9. The molecule has 3 aromatic carbocycles. The number of aliphatic imine (C=N–C) groups is 1. The predicted molar refractivity (Wildman–Crippen MR) is 167 cm³/mol. The lowest BCUT2D eigenvalue weighted by Gasteiger charge is -2.33. The van der Waals surface area contributed by atoms with Crippen LogP contribution in [0.25, 0.3) is 0 Å². The van der Waals surface area contributed by atoms with Crippen molar-refractivity contribution in [1.82, 2.24) is 10.2 Å². The predicted octanol–water partition coefficient (Wildman–Crippen LogP) is 5.39. The van der Waals surface area contributed by atoms with Crippen molar-refractivity contribution in [2.75, 3.05) is 33.5 Å². The first-order chi connectivity index (χ1) is 21.1. The van der Waals surface area contributed by atoms with Crippen LogP contribution in [0, 0.1) is 5.53 Å². The molecule has 0 radical (unpaired) electrons. The quantitative estimate of drug-likeness (QED) is 0.112. The Morgan fingerprint density at radius 1 is 1.02 bits per heavy atom. The Labute approximate surface area is 253 Å². The van der Waals surface area contributed by atoms with E-state index in [-0.39, 0.29) is 18.4 Å². The summed E-state index contributed by atoms with van der Waals surface area (Å²) in [5, 5.41) is 16.2. The van der Waals surface area contributed by atoms with Gasteiger partial charge in [-0.1, -0.05) is 54.6 Å². The Bertz CT molecular complexity index is 1390. The fourth-order valence-corrected chi connectivity index (χ4v) is 5.66. The summed E-state index contributed by atoms with van der Waals surface area (Å²) in [5.74, 6) is 0.515. The number of nitrogens with zero attached hydrogens (tertiary/aromatic N) is 3. The molecule has 2 atom stereocenters. The second-order valence-corrected chi connectivity index (χ2v) is 10.7. The summed E-state index contributed by atoms with van der Waals surface area (Å²) in [4.78, 5) is 22.8. The zero-order chi connectivity index (χ0) is 30.3. The minimum atomic E-state index is -1.02. The van der Waals surface area contributed by atoms with Crippen molar-refractivity contribution in [2.24, 2.45) is 10.1 Å². The van der Waals surface area contributed by atoms with Crippen molar-refractivity contribution in [3.8, 4) is 5.75 Å². The van der Waals surface area contributed by atoms with E-state index in [0.29, 0.717) is 52.0 Å². The van der Waals surface area contributed by atoms with E-state index in [0.717, 1.165) is 46.6 Å². The van der Waals surface area contributed by atoms with Crippen LogP contribution in [0.3, 0.4) is 0 Å². The second-order valence-electron chi connectivity index (χ2n) is 10.7. The number of methoxy groups -OCH3 is 1. The highest BCUT2D eigenvalue weighted by Crippen LogP contribution is 2.45. The van der Waals surface area contributed by atoms with Crippen LogP contribution in [0.15, 0.2) is 89.0 Å². The molecule has 0 spiro atoms. The number of hydrogen-bond donors (Lipinski definition) is 3. The molecular weight excluding hydrogens is 542 g/mol. The van der Waals surface area contributed by atoms with Crippen molar-refractivity contribution < 1.29 is 19.4 Å². The third-order valence-electron chi connectivity index (χ3n) is 7.93. The minimum absolute atomic E-state index is 0.0685. The van der Waals surface area contributed by atoms with Crippen LogP contribution in [-0.4, -0.2) is 55.7 Å². The van der Waals surface area contributed by atoms with Gasteiger partial charge in [-0.3, -0.25) is 9.79 Å². The number of unbranched alkanes of at least 4 members (excludes halogenated alkanes) is 1. The molecule has 2 unspecified atom stereocenters. The largest absolute Gasteiger partial charge is 0.494 e. The van der Waals surface area contributed by atoms with Crippen LogP contribution in [0.4, 0.5) is 0 Å². The van der Waals surface area contributed by atoms with Gasteiger partial charge in [0.05, 0.1) is 6.61 Å². The van der Waals surface area contributed by atoms with E-state index in [2.05, 4.69) is 33.5 Å². The summed E-state index contributed by atoms with van der Waals surface area (Å²) in [6.07, 6.45) is 4.02. The SMILES string of the molecule is COCCCCNC(=O)C1(CCc2ccccc2CN=[N+]=N)N=C(c2ccc(OCCCO)cc2)CC1c1ccccc1. The van der Waals surface area contributed by atoms with Crippen LogP contribution < -0.4 is 15.0 Å². The van der Waals surface area contributed by atoms with E-state index in [1.807, 2.05) is 60.7 Å². The van der Waals surface area contributed by atoms with Crippen molar-refractivity contribution in [3.63, 3.8) is 0 Å². The number of carbonyl (C=O) groups excluding carboxylic acids is 1. The monoisotopic (exact) mass is 584 g/mol. The molecule has 0 aromatic heterocycles. The van der Waals surface area contributed by atoms with Gasteiger partial charge in [0.15, 0.2) is 0 Å². The lowest BCUT2D eigenvalue weighted by Crippen LogP contribution is -2.48. The number of aryl methyl sites for hydroxylation is 1. The van der Waals surface area contributed by atoms with Crippen molar-refractivity contribution in [3.05, 3.63) is 101 Å². The molecule has 0 saturated carbocycles. The van der Waals surface area contributed by atoms with Gasteiger partial charge in [0.2, 0.25) is 10.8 Å². The van der Waals surface area contributed by atoms with Gasteiger partial charge in [-0.25, -0.2) is 0 Å². The Balaban J connectivity index is 1.70. The molecule has 9 heteroatoms. The molecular formula is C34H42N5O4+. The summed E-state index contributed by atoms with van der Waals surface area (Å²) in [7, 11) is 1.68. The maximum atomic E-state index is 14.3. The molecule has 3 aromatic rings. The minimum Gasteiger partial charge on any atom is -0.494 e. The highest BCUT2D eigenvalue weighted by Gasteiger charge is 2.50. The van der Waals surface area contributed by atoms with E-state index < -0.39 is 5.54 Å². The molecule has 43 heavy (non-hydrogen) atoms. The number of ether oxygens (including phenoxy) is 2. The first-order valence-electron chi connectivity index (χ1n) is 15.0. The lowest BCUT2D eigenvalue weighted by molar-refractivity contribution is -0.127. The molecule has 1 aliphatic rings. The van der Waals surface area contributed by atoms with E-state index in [1.54, 1.807) is 7.11 Å². The number of amides is 1. The molecule has 0 aliphatic carbocycles. The Morgan fingerprint density at radius 3 is 2.49 bits per heavy atom. The number of carbonyl (C=O) groups is 1. The Morgan fingerprint density at radius 2 is 1.77 bits per heavy atom. The first-order valence-corrected chi connectivity index (χ1v) is 15.0. The van der Waals surface area contributed by atoms with Crippen molar-refractivity contribution in [1.29, 1.82) is 5.53 Å². The van der Waals surface area contributed by atoms with Gasteiger partial charge >= 0.3 is 0 Å². The lowest BCUT2D eigenvalue weighted by atomic mass is 9.75. The van der Waals surface area contributed by atoms with Crippen LogP contribution >= 0.6 is 0 Å². The maximum Gasteiger partial charge on any atom is 0.248 e. The van der Waals surface area contributed by atoms with Gasteiger partial charge in [-0.15, -0.1) is 0 Å². The standard InChI is InChI=1S/C34H41N5O4/c1-42-22-8-7-20-36-33(41)34(19-18-26-10-5-6-13-29(26)25-37-39-35)31(27-11-3-2-4-12-27)24-32(38-34)28-14-16-30(17-15-28)43-23-9-21-40/h2-6,10-17,31,35,40H,7-9,18-25H2,1H3/p+1. The van der Waals surface area contributed by atoms with Crippen LogP contribution in [0.1, 0.15) is 60.3 Å². The Kier molecular flexibility index (Phi) is 12.2. The van der Waals surface area contributed by atoms with Crippen molar-refractivity contribution in [2.45, 2.75) is 56.5 Å². The highest BCUT2D eigenvalue weighted by molar-refractivity contribution is 6.06.